The highest BCUT2D eigenvalue weighted by Gasteiger charge is 2.15. The minimum absolute atomic E-state index is 0.126. The molecule has 0 aliphatic heterocycles. The van der Waals surface area contributed by atoms with Gasteiger partial charge in [-0.05, 0) is 47.2 Å². The number of ether oxygens (including phenoxy) is 2. The molecule has 128 valence electrons. The number of benzene rings is 2. The van der Waals surface area contributed by atoms with Crippen LogP contribution in [0.4, 0.5) is 0 Å². The van der Waals surface area contributed by atoms with Crippen molar-refractivity contribution in [2.75, 3.05) is 7.11 Å². The van der Waals surface area contributed by atoms with Crippen molar-refractivity contribution in [2.45, 2.75) is 0 Å². The molecule has 4 rings (SSSR count). The van der Waals surface area contributed by atoms with E-state index in [1.807, 2.05) is 24.3 Å². The molecule has 0 N–H and O–H groups in total. The SMILES string of the molecule is COc1ccc2ccc(OC(=O)c3cnc4ccccn4c3=O)cc2c1. The zero-order chi connectivity index (χ0) is 18.1. The first-order valence-corrected chi connectivity index (χ1v) is 7.92. The summed E-state index contributed by atoms with van der Waals surface area (Å²) in [5, 5.41) is 1.85. The zero-order valence-electron chi connectivity index (χ0n) is 13.9. The summed E-state index contributed by atoms with van der Waals surface area (Å²) in [5.41, 5.74) is -0.130. The second-order valence-corrected chi connectivity index (χ2v) is 5.67. The largest absolute Gasteiger partial charge is 0.497 e. The summed E-state index contributed by atoms with van der Waals surface area (Å²) in [6, 6.07) is 16.0. The van der Waals surface area contributed by atoms with Crippen molar-refractivity contribution in [3.8, 4) is 11.5 Å². The smallest absolute Gasteiger partial charge is 0.350 e. The number of pyridine rings is 1. The predicted molar refractivity (Wildman–Crippen MR) is 96.9 cm³/mol. The van der Waals surface area contributed by atoms with Gasteiger partial charge in [0.2, 0.25) is 0 Å². The molecule has 2 heterocycles. The van der Waals surface area contributed by atoms with Gasteiger partial charge in [0.1, 0.15) is 22.7 Å². The topological polar surface area (TPSA) is 69.9 Å². The zero-order valence-corrected chi connectivity index (χ0v) is 13.9. The highest BCUT2D eigenvalue weighted by Crippen LogP contribution is 2.25. The molecule has 2 aromatic heterocycles. The van der Waals surface area contributed by atoms with Gasteiger partial charge in [-0.15, -0.1) is 0 Å². The van der Waals surface area contributed by atoms with Gasteiger partial charge in [-0.25, -0.2) is 9.78 Å². The first-order chi connectivity index (χ1) is 12.7. The maximum atomic E-state index is 12.5. The van der Waals surface area contributed by atoms with Crippen molar-refractivity contribution in [3.63, 3.8) is 0 Å². The molecule has 6 nitrogen and oxygen atoms in total. The number of aromatic nitrogens is 2. The fraction of sp³-hybridized carbons (Fsp3) is 0.0500. The van der Waals surface area contributed by atoms with Crippen LogP contribution in [0.15, 0.2) is 71.8 Å². The van der Waals surface area contributed by atoms with E-state index in [9.17, 15) is 9.59 Å². The molecule has 0 spiro atoms. The molecule has 0 amide bonds. The molecule has 0 aliphatic rings. The van der Waals surface area contributed by atoms with Crippen LogP contribution in [0.1, 0.15) is 10.4 Å². The predicted octanol–water partition coefficient (Wildman–Crippen LogP) is 3.08. The van der Waals surface area contributed by atoms with Crippen LogP contribution in [-0.2, 0) is 0 Å². The van der Waals surface area contributed by atoms with E-state index in [0.29, 0.717) is 17.1 Å². The standard InChI is InChI=1S/C20H14N2O4/c1-25-15-7-5-13-6-8-16(11-14(13)10-15)26-20(24)17-12-21-18-4-2-3-9-22(18)19(17)23/h2-12H,1H3. The van der Waals surface area contributed by atoms with Crippen molar-refractivity contribution in [3.05, 3.63) is 82.9 Å². The molecule has 2 aromatic carbocycles. The van der Waals surface area contributed by atoms with E-state index < -0.39 is 11.5 Å². The lowest BCUT2D eigenvalue weighted by atomic mass is 10.1. The molecular formula is C20H14N2O4. The molecule has 0 saturated carbocycles. The number of hydrogen-bond donors (Lipinski definition) is 0. The third-order valence-corrected chi connectivity index (χ3v) is 4.06. The van der Waals surface area contributed by atoms with Crippen LogP contribution in [0.3, 0.4) is 0 Å². The number of hydrogen-bond acceptors (Lipinski definition) is 5. The Hall–Kier alpha value is -3.67. The first-order valence-electron chi connectivity index (χ1n) is 7.92. The number of rotatable bonds is 3. The average molecular weight is 346 g/mol. The minimum Gasteiger partial charge on any atom is -0.497 e. The summed E-state index contributed by atoms with van der Waals surface area (Å²) in [4.78, 5) is 29.0. The molecule has 0 saturated heterocycles. The second kappa shape index (κ2) is 6.33. The number of esters is 1. The summed E-state index contributed by atoms with van der Waals surface area (Å²) in [5.74, 6) is 0.300. The first kappa shape index (κ1) is 15.8. The fourth-order valence-electron chi connectivity index (χ4n) is 2.72. The molecule has 6 heteroatoms. The van der Waals surface area contributed by atoms with E-state index in [1.54, 1.807) is 43.6 Å². The lowest BCUT2D eigenvalue weighted by Gasteiger charge is -2.07. The van der Waals surface area contributed by atoms with Crippen LogP contribution in [0.25, 0.3) is 16.4 Å². The fourth-order valence-corrected chi connectivity index (χ4v) is 2.72. The third-order valence-electron chi connectivity index (χ3n) is 4.06. The van der Waals surface area contributed by atoms with Crippen LogP contribution in [-0.4, -0.2) is 22.5 Å². The Kier molecular flexibility index (Phi) is 3.85. The van der Waals surface area contributed by atoms with Gasteiger partial charge in [0, 0.05) is 12.4 Å². The maximum Gasteiger partial charge on any atom is 0.350 e. The Balaban J connectivity index is 1.69. The number of carbonyl (C=O) groups is 1. The Labute approximate surface area is 148 Å². The lowest BCUT2D eigenvalue weighted by Crippen LogP contribution is -2.25. The van der Waals surface area contributed by atoms with Crippen LogP contribution in [0.2, 0.25) is 0 Å². The monoisotopic (exact) mass is 346 g/mol. The Morgan fingerprint density at radius 1 is 1.00 bits per heavy atom. The van der Waals surface area contributed by atoms with Crippen molar-refractivity contribution < 1.29 is 14.3 Å². The van der Waals surface area contributed by atoms with Crippen LogP contribution < -0.4 is 15.0 Å². The quantitative estimate of drug-likeness (QED) is 0.421. The van der Waals surface area contributed by atoms with Crippen molar-refractivity contribution >= 4 is 22.4 Å². The molecule has 0 fully saturated rings. The van der Waals surface area contributed by atoms with Gasteiger partial charge in [-0.3, -0.25) is 9.20 Å². The van der Waals surface area contributed by atoms with E-state index in [0.717, 1.165) is 10.8 Å². The molecule has 4 aromatic rings. The van der Waals surface area contributed by atoms with Crippen molar-refractivity contribution in [1.29, 1.82) is 0 Å². The lowest BCUT2D eigenvalue weighted by molar-refractivity contribution is 0.0732. The molecule has 0 atom stereocenters. The van der Waals surface area contributed by atoms with Crippen molar-refractivity contribution in [1.82, 2.24) is 9.38 Å². The van der Waals surface area contributed by atoms with Crippen LogP contribution in [0, 0.1) is 0 Å². The van der Waals surface area contributed by atoms with E-state index in [1.165, 1.54) is 10.6 Å². The Morgan fingerprint density at radius 3 is 2.58 bits per heavy atom. The van der Waals surface area contributed by atoms with Gasteiger partial charge >= 0.3 is 5.97 Å². The third kappa shape index (κ3) is 2.77. The summed E-state index contributed by atoms with van der Waals surface area (Å²) in [6.45, 7) is 0. The summed E-state index contributed by atoms with van der Waals surface area (Å²) >= 11 is 0. The Bertz CT molecular complexity index is 1200. The molecule has 0 radical (unpaired) electrons. The summed E-state index contributed by atoms with van der Waals surface area (Å²) in [6.07, 6.45) is 2.80. The van der Waals surface area contributed by atoms with Crippen LogP contribution in [0.5, 0.6) is 11.5 Å². The van der Waals surface area contributed by atoms with Gasteiger partial charge < -0.3 is 9.47 Å². The van der Waals surface area contributed by atoms with E-state index in [2.05, 4.69) is 4.98 Å². The summed E-state index contributed by atoms with van der Waals surface area (Å²) < 4.78 is 11.9. The molecule has 26 heavy (non-hydrogen) atoms. The second-order valence-electron chi connectivity index (χ2n) is 5.67. The highest BCUT2D eigenvalue weighted by atomic mass is 16.5. The van der Waals surface area contributed by atoms with Crippen molar-refractivity contribution in [2.24, 2.45) is 0 Å². The number of nitrogens with zero attached hydrogens (tertiary/aromatic N) is 2. The van der Waals surface area contributed by atoms with E-state index >= 15 is 0 Å². The van der Waals surface area contributed by atoms with E-state index in [-0.39, 0.29) is 5.56 Å². The Morgan fingerprint density at radius 2 is 1.77 bits per heavy atom. The maximum absolute atomic E-state index is 12.5. The summed E-state index contributed by atoms with van der Waals surface area (Å²) in [7, 11) is 1.59. The molecule has 0 unspecified atom stereocenters. The number of carbonyl (C=O) groups excluding carboxylic acids is 1. The van der Waals surface area contributed by atoms with Gasteiger partial charge in [0.25, 0.3) is 5.56 Å². The van der Waals surface area contributed by atoms with Gasteiger partial charge in [-0.1, -0.05) is 18.2 Å². The van der Waals surface area contributed by atoms with E-state index in [4.69, 9.17) is 9.47 Å². The normalized spacial score (nSPS) is 10.8. The molecule has 0 bridgehead atoms. The number of methoxy groups -OCH3 is 1. The number of fused-ring (bicyclic) bond motifs is 2. The van der Waals surface area contributed by atoms with Gasteiger partial charge in [-0.2, -0.15) is 0 Å². The average Bonchev–Trinajstić information content (AvgIpc) is 2.67. The molecule has 0 aliphatic carbocycles. The van der Waals surface area contributed by atoms with Crippen LogP contribution >= 0.6 is 0 Å². The molecular weight excluding hydrogens is 332 g/mol. The van der Waals surface area contributed by atoms with Gasteiger partial charge in [0.15, 0.2) is 0 Å². The minimum atomic E-state index is -0.747. The van der Waals surface area contributed by atoms with Gasteiger partial charge in [0.05, 0.1) is 7.11 Å². The highest BCUT2D eigenvalue weighted by molar-refractivity contribution is 5.92.